The molecular formula is C16H22ClN. The Bertz CT molecular complexity index is 411. The van der Waals surface area contributed by atoms with E-state index in [4.69, 9.17) is 17.3 Å². The fourth-order valence-corrected chi connectivity index (χ4v) is 2.80. The molecule has 2 N–H and O–H groups in total. The van der Waals surface area contributed by atoms with Crippen molar-refractivity contribution < 1.29 is 0 Å². The van der Waals surface area contributed by atoms with Gasteiger partial charge in [-0.15, -0.1) is 0 Å². The number of rotatable bonds is 3. The molecule has 0 radical (unpaired) electrons. The summed E-state index contributed by atoms with van der Waals surface area (Å²) in [6, 6.07) is 8.14. The molecule has 1 nitrogen and oxygen atoms in total. The van der Waals surface area contributed by atoms with E-state index < -0.39 is 0 Å². The monoisotopic (exact) mass is 263 g/mol. The van der Waals surface area contributed by atoms with Gasteiger partial charge in [0.15, 0.2) is 0 Å². The summed E-state index contributed by atoms with van der Waals surface area (Å²) in [5.41, 5.74) is 8.93. The lowest BCUT2D eigenvalue weighted by Gasteiger charge is -2.19. The predicted octanol–water partition coefficient (Wildman–Crippen LogP) is 4.49. The minimum atomic E-state index is 0.128. The predicted molar refractivity (Wildman–Crippen MR) is 78.9 cm³/mol. The topological polar surface area (TPSA) is 26.0 Å². The fourth-order valence-electron chi connectivity index (χ4n) is 2.59. The molecule has 1 aromatic carbocycles. The molecule has 1 atom stereocenters. The number of halogens is 1. The fraction of sp³-hybridized carbons (Fsp3) is 0.500. The van der Waals surface area contributed by atoms with Crippen LogP contribution in [0.5, 0.6) is 0 Å². The maximum absolute atomic E-state index is 6.34. The van der Waals surface area contributed by atoms with Gasteiger partial charge in [0.05, 0.1) is 0 Å². The lowest BCUT2D eigenvalue weighted by molar-refractivity contribution is 0.594. The Kier molecular flexibility index (Phi) is 5.27. The van der Waals surface area contributed by atoms with Crippen molar-refractivity contribution in [3.05, 3.63) is 46.5 Å². The molecule has 0 bridgehead atoms. The van der Waals surface area contributed by atoms with E-state index in [1.807, 2.05) is 18.2 Å². The third kappa shape index (κ3) is 3.86. The molecule has 2 heteroatoms. The molecule has 0 aliphatic heterocycles. The van der Waals surface area contributed by atoms with E-state index in [2.05, 4.69) is 12.1 Å². The highest BCUT2D eigenvalue weighted by Crippen LogP contribution is 2.23. The molecule has 1 aliphatic rings. The lowest BCUT2D eigenvalue weighted by atomic mass is 9.92. The van der Waals surface area contributed by atoms with E-state index in [0.29, 0.717) is 0 Å². The Morgan fingerprint density at radius 3 is 2.72 bits per heavy atom. The third-order valence-corrected chi connectivity index (χ3v) is 4.07. The molecule has 0 heterocycles. The summed E-state index contributed by atoms with van der Waals surface area (Å²) in [5, 5.41) is 0.833. The van der Waals surface area contributed by atoms with Crippen LogP contribution < -0.4 is 5.73 Å². The number of allylic oxidation sites excluding steroid dienone is 1. The normalized spacial score (nSPS) is 21.6. The summed E-state index contributed by atoms with van der Waals surface area (Å²) >= 11 is 6.19. The van der Waals surface area contributed by atoms with Crippen LogP contribution >= 0.6 is 11.6 Å². The summed E-state index contributed by atoms with van der Waals surface area (Å²) in [6.45, 7) is 0. The Morgan fingerprint density at radius 2 is 1.89 bits per heavy atom. The highest BCUT2D eigenvalue weighted by atomic mass is 35.5. The van der Waals surface area contributed by atoms with Crippen LogP contribution in [-0.2, 0) is 6.42 Å². The molecule has 1 unspecified atom stereocenters. The van der Waals surface area contributed by atoms with Gasteiger partial charge in [-0.3, -0.25) is 0 Å². The second-order valence-corrected chi connectivity index (χ2v) is 5.54. The van der Waals surface area contributed by atoms with Crippen LogP contribution in [-0.4, -0.2) is 6.04 Å². The van der Waals surface area contributed by atoms with Crippen LogP contribution in [0.15, 0.2) is 35.9 Å². The van der Waals surface area contributed by atoms with Crippen molar-refractivity contribution in [2.45, 2.75) is 51.0 Å². The van der Waals surface area contributed by atoms with E-state index >= 15 is 0 Å². The van der Waals surface area contributed by atoms with Crippen molar-refractivity contribution in [2.75, 3.05) is 0 Å². The van der Waals surface area contributed by atoms with Crippen molar-refractivity contribution >= 4 is 11.6 Å². The molecule has 98 valence electrons. The second kappa shape index (κ2) is 6.96. The van der Waals surface area contributed by atoms with Crippen molar-refractivity contribution in [3.63, 3.8) is 0 Å². The van der Waals surface area contributed by atoms with Crippen LogP contribution in [0.4, 0.5) is 0 Å². The zero-order chi connectivity index (χ0) is 12.8. The van der Waals surface area contributed by atoms with Gasteiger partial charge in [0.25, 0.3) is 0 Å². The molecular weight excluding hydrogens is 242 g/mol. The van der Waals surface area contributed by atoms with Gasteiger partial charge in [-0.2, -0.15) is 0 Å². The van der Waals surface area contributed by atoms with E-state index in [9.17, 15) is 0 Å². The minimum Gasteiger partial charge on any atom is -0.324 e. The summed E-state index contributed by atoms with van der Waals surface area (Å²) in [5.74, 6) is 0. The van der Waals surface area contributed by atoms with E-state index in [1.165, 1.54) is 37.7 Å². The summed E-state index contributed by atoms with van der Waals surface area (Å²) in [6.07, 6.45) is 10.9. The average molecular weight is 264 g/mol. The van der Waals surface area contributed by atoms with Gasteiger partial charge < -0.3 is 5.73 Å². The molecule has 0 saturated carbocycles. The zero-order valence-corrected chi connectivity index (χ0v) is 11.6. The Balaban J connectivity index is 2.02. The van der Waals surface area contributed by atoms with Gasteiger partial charge in [-0.1, -0.05) is 54.3 Å². The minimum absolute atomic E-state index is 0.128. The van der Waals surface area contributed by atoms with Crippen molar-refractivity contribution in [2.24, 2.45) is 5.73 Å². The molecule has 0 fully saturated rings. The van der Waals surface area contributed by atoms with Crippen LogP contribution in [0, 0.1) is 0 Å². The highest BCUT2D eigenvalue weighted by Gasteiger charge is 2.12. The van der Waals surface area contributed by atoms with Gasteiger partial charge in [0.2, 0.25) is 0 Å². The number of hydrogen-bond donors (Lipinski definition) is 1. The Morgan fingerprint density at radius 1 is 1.11 bits per heavy atom. The zero-order valence-electron chi connectivity index (χ0n) is 10.9. The van der Waals surface area contributed by atoms with E-state index in [1.54, 1.807) is 0 Å². The molecule has 0 saturated heterocycles. The summed E-state index contributed by atoms with van der Waals surface area (Å²) in [7, 11) is 0. The average Bonchev–Trinajstić information content (AvgIpc) is 2.31. The molecule has 0 spiro atoms. The van der Waals surface area contributed by atoms with Gasteiger partial charge in [-0.25, -0.2) is 0 Å². The van der Waals surface area contributed by atoms with Gasteiger partial charge >= 0.3 is 0 Å². The Labute approximate surface area is 115 Å². The van der Waals surface area contributed by atoms with Crippen LogP contribution in [0.3, 0.4) is 0 Å². The molecule has 1 aromatic rings. The second-order valence-electron chi connectivity index (χ2n) is 5.13. The quantitative estimate of drug-likeness (QED) is 0.799. The standard InChI is InChI=1S/C16H22ClN/c17-15-11-7-6-10-14(15)12-16(18)13-8-4-2-1-3-5-9-13/h6-8,10-11,16H,1-5,9,12,18H2/b13-8+. The molecule has 0 aromatic heterocycles. The first kappa shape index (κ1) is 13.6. The van der Waals surface area contributed by atoms with Crippen LogP contribution in [0.2, 0.25) is 5.02 Å². The van der Waals surface area contributed by atoms with Crippen molar-refractivity contribution in [1.82, 2.24) is 0 Å². The van der Waals surface area contributed by atoms with Gasteiger partial charge in [-0.05, 0) is 43.7 Å². The lowest BCUT2D eigenvalue weighted by Crippen LogP contribution is -2.26. The molecule has 2 rings (SSSR count). The molecule has 1 aliphatic carbocycles. The van der Waals surface area contributed by atoms with E-state index in [0.717, 1.165) is 23.4 Å². The number of benzene rings is 1. The smallest absolute Gasteiger partial charge is 0.0438 e. The van der Waals surface area contributed by atoms with Gasteiger partial charge in [0.1, 0.15) is 0 Å². The van der Waals surface area contributed by atoms with Crippen LogP contribution in [0.1, 0.15) is 44.1 Å². The Hall–Kier alpha value is -0.790. The first-order valence-electron chi connectivity index (χ1n) is 6.95. The van der Waals surface area contributed by atoms with Crippen LogP contribution in [0.25, 0.3) is 0 Å². The maximum Gasteiger partial charge on any atom is 0.0438 e. The number of hydrogen-bond acceptors (Lipinski definition) is 1. The third-order valence-electron chi connectivity index (χ3n) is 3.70. The number of nitrogens with two attached hydrogens (primary N) is 1. The summed E-state index contributed by atoms with van der Waals surface area (Å²) in [4.78, 5) is 0. The van der Waals surface area contributed by atoms with Crippen molar-refractivity contribution in [1.29, 1.82) is 0 Å². The van der Waals surface area contributed by atoms with E-state index in [-0.39, 0.29) is 6.04 Å². The largest absolute Gasteiger partial charge is 0.324 e. The highest BCUT2D eigenvalue weighted by molar-refractivity contribution is 6.31. The summed E-state index contributed by atoms with van der Waals surface area (Å²) < 4.78 is 0. The van der Waals surface area contributed by atoms with Crippen molar-refractivity contribution in [3.8, 4) is 0 Å². The maximum atomic E-state index is 6.34. The SMILES string of the molecule is NC(Cc1ccccc1Cl)/C1=C/CCCCCC1. The molecule has 0 amide bonds. The van der Waals surface area contributed by atoms with Gasteiger partial charge in [0, 0.05) is 11.1 Å². The molecule has 18 heavy (non-hydrogen) atoms. The first-order chi connectivity index (χ1) is 8.77. The first-order valence-corrected chi connectivity index (χ1v) is 7.33.